The highest BCUT2D eigenvalue weighted by Gasteiger charge is 2.28. The average Bonchev–Trinajstić information content (AvgIpc) is 2.34. The van der Waals surface area contributed by atoms with Gasteiger partial charge in [0.05, 0.1) is 25.7 Å². The van der Waals surface area contributed by atoms with Crippen molar-refractivity contribution in [3.8, 4) is 0 Å². The highest BCUT2D eigenvalue weighted by atomic mass is 16.5. The Bertz CT molecular complexity index is 282. The fourth-order valence-electron chi connectivity index (χ4n) is 2.02. The maximum atomic E-state index is 12.0. The fraction of sp³-hybridized carbons (Fsp3) is 0.833. The molecule has 0 aromatic carbocycles. The van der Waals surface area contributed by atoms with E-state index in [2.05, 4.69) is 0 Å². The predicted octanol–water partition coefficient (Wildman–Crippen LogP) is 0.505. The Hall–Kier alpha value is -1.14. The first-order valence-electron chi connectivity index (χ1n) is 6.23. The Morgan fingerprint density at radius 1 is 1.44 bits per heavy atom. The summed E-state index contributed by atoms with van der Waals surface area (Å²) in [5.41, 5.74) is 0. The molecule has 1 heterocycles. The summed E-state index contributed by atoms with van der Waals surface area (Å²) >= 11 is 0. The van der Waals surface area contributed by atoms with Crippen LogP contribution in [0, 0.1) is 0 Å². The van der Waals surface area contributed by atoms with Crippen LogP contribution in [0.5, 0.6) is 0 Å². The van der Waals surface area contributed by atoms with Gasteiger partial charge in [-0.1, -0.05) is 0 Å². The molecule has 1 atom stereocenters. The first-order chi connectivity index (χ1) is 8.65. The van der Waals surface area contributed by atoms with E-state index in [1.807, 2.05) is 0 Å². The summed E-state index contributed by atoms with van der Waals surface area (Å²) < 4.78 is 10.1. The smallest absolute Gasteiger partial charge is 0.305 e. The monoisotopic (exact) mass is 259 g/mol. The summed E-state index contributed by atoms with van der Waals surface area (Å²) in [6, 6.07) is -0.328. The van der Waals surface area contributed by atoms with Gasteiger partial charge in [0.2, 0.25) is 5.91 Å². The van der Waals surface area contributed by atoms with Crippen LogP contribution < -0.4 is 0 Å². The zero-order valence-corrected chi connectivity index (χ0v) is 10.8. The number of carbonyl (C=O) groups is 2. The van der Waals surface area contributed by atoms with E-state index in [4.69, 9.17) is 14.6 Å². The van der Waals surface area contributed by atoms with Gasteiger partial charge in [-0.3, -0.25) is 9.59 Å². The van der Waals surface area contributed by atoms with Gasteiger partial charge in [0.1, 0.15) is 0 Å². The van der Waals surface area contributed by atoms with Crippen LogP contribution in [0.1, 0.15) is 25.7 Å². The van der Waals surface area contributed by atoms with Crippen molar-refractivity contribution in [1.29, 1.82) is 0 Å². The van der Waals surface area contributed by atoms with Crippen molar-refractivity contribution >= 4 is 11.9 Å². The summed E-state index contributed by atoms with van der Waals surface area (Å²) in [5, 5.41) is 8.80. The number of methoxy groups -OCH3 is 1. The number of morpholine rings is 1. The number of unbranched alkanes of at least 4 members (excludes halogenated alkanes) is 1. The van der Waals surface area contributed by atoms with E-state index in [-0.39, 0.29) is 18.4 Å². The minimum Gasteiger partial charge on any atom is -0.481 e. The number of carbonyl (C=O) groups excluding carboxylic acids is 1. The first-order valence-corrected chi connectivity index (χ1v) is 6.23. The molecule has 1 saturated heterocycles. The molecule has 6 nitrogen and oxygen atoms in total. The Labute approximate surface area is 107 Å². The van der Waals surface area contributed by atoms with E-state index in [1.165, 1.54) is 0 Å². The van der Waals surface area contributed by atoms with E-state index >= 15 is 0 Å². The molecule has 1 amide bonds. The molecule has 18 heavy (non-hydrogen) atoms. The molecule has 1 aliphatic rings. The molecule has 1 N–H and O–H groups in total. The van der Waals surface area contributed by atoms with Gasteiger partial charge in [-0.25, -0.2) is 0 Å². The molecule has 0 spiro atoms. The second-order valence-corrected chi connectivity index (χ2v) is 4.36. The fourth-order valence-corrected chi connectivity index (χ4v) is 2.02. The van der Waals surface area contributed by atoms with Crippen LogP contribution in [0.4, 0.5) is 0 Å². The SMILES string of the molecule is COCCCCC(=O)N1CCOCC1CC(=O)O. The van der Waals surface area contributed by atoms with Crippen molar-refractivity contribution in [3.05, 3.63) is 0 Å². The van der Waals surface area contributed by atoms with Crippen molar-refractivity contribution in [2.45, 2.75) is 31.7 Å². The summed E-state index contributed by atoms with van der Waals surface area (Å²) in [7, 11) is 1.63. The van der Waals surface area contributed by atoms with E-state index in [1.54, 1.807) is 12.0 Å². The second kappa shape index (κ2) is 8.05. The number of aliphatic carboxylic acids is 1. The Balaban J connectivity index is 2.39. The molecule has 1 unspecified atom stereocenters. The van der Waals surface area contributed by atoms with Gasteiger partial charge in [-0.2, -0.15) is 0 Å². The summed E-state index contributed by atoms with van der Waals surface area (Å²) in [4.78, 5) is 24.4. The topological polar surface area (TPSA) is 76.1 Å². The third-order valence-corrected chi connectivity index (χ3v) is 2.95. The van der Waals surface area contributed by atoms with Crippen molar-refractivity contribution in [1.82, 2.24) is 4.90 Å². The molecular weight excluding hydrogens is 238 g/mol. The number of hydrogen-bond acceptors (Lipinski definition) is 4. The van der Waals surface area contributed by atoms with Crippen molar-refractivity contribution in [3.63, 3.8) is 0 Å². The van der Waals surface area contributed by atoms with Crippen LogP contribution in [0.25, 0.3) is 0 Å². The largest absolute Gasteiger partial charge is 0.481 e. The van der Waals surface area contributed by atoms with Gasteiger partial charge in [0.15, 0.2) is 0 Å². The lowest BCUT2D eigenvalue weighted by molar-refractivity contribution is -0.146. The van der Waals surface area contributed by atoms with Crippen LogP contribution in [-0.4, -0.2) is 61.4 Å². The second-order valence-electron chi connectivity index (χ2n) is 4.36. The average molecular weight is 259 g/mol. The van der Waals surface area contributed by atoms with Gasteiger partial charge < -0.3 is 19.5 Å². The van der Waals surface area contributed by atoms with Gasteiger partial charge in [-0.05, 0) is 12.8 Å². The third kappa shape index (κ3) is 5.01. The maximum Gasteiger partial charge on any atom is 0.305 e. The molecule has 6 heteroatoms. The first kappa shape index (κ1) is 14.9. The summed E-state index contributed by atoms with van der Waals surface area (Å²) in [6.45, 7) is 1.94. The Morgan fingerprint density at radius 3 is 2.89 bits per heavy atom. The minimum absolute atomic E-state index is 0.0145. The number of rotatable bonds is 7. The van der Waals surface area contributed by atoms with Gasteiger partial charge in [-0.15, -0.1) is 0 Å². The van der Waals surface area contributed by atoms with Crippen LogP contribution in [0.3, 0.4) is 0 Å². The maximum absolute atomic E-state index is 12.0. The molecule has 1 rings (SSSR count). The molecule has 0 radical (unpaired) electrons. The summed E-state index contributed by atoms with van der Waals surface area (Å²) in [6.07, 6.45) is 2.00. The molecule has 1 fully saturated rings. The quantitative estimate of drug-likeness (QED) is 0.674. The number of carboxylic acid groups (broad SMARTS) is 1. The van der Waals surface area contributed by atoms with Crippen molar-refractivity contribution in [2.75, 3.05) is 33.5 Å². The van der Waals surface area contributed by atoms with E-state index in [9.17, 15) is 9.59 Å². The van der Waals surface area contributed by atoms with E-state index < -0.39 is 5.97 Å². The number of hydrogen-bond donors (Lipinski definition) is 1. The minimum atomic E-state index is -0.900. The van der Waals surface area contributed by atoms with Gasteiger partial charge >= 0.3 is 5.97 Å². The number of ether oxygens (including phenoxy) is 2. The van der Waals surface area contributed by atoms with Crippen molar-refractivity contribution < 1.29 is 24.2 Å². The van der Waals surface area contributed by atoms with Crippen molar-refractivity contribution in [2.24, 2.45) is 0 Å². The van der Waals surface area contributed by atoms with Crippen LogP contribution in [0.15, 0.2) is 0 Å². The lowest BCUT2D eigenvalue weighted by atomic mass is 10.1. The lowest BCUT2D eigenvalue weighted by Gasteiger charge is -2.35. The number of carboxylic acids is 1. The zero-order chi connectivity index (χ0) is 13.4. The number of nitrogens with zero attached hydrogens (tertiary/aromatic N) is 1. The third-order valence-electron chi connectivity index (χ3n) is 2.95. The van der Waals surface area contributed by atoms with Crippen LogP contribution in [0.2, 0.25) is 0 Å². The standard InChI is InChI=1S/C12H21NO5/c1-17-6-3-2-4-11(14)13-5-7-18-9-10(13)8-12(15)16/h10H,2-9H2,1H3,(H,15,16). The highest BCUT2D eigenvalue weighted by Crippen LogP contribution is 2.13. The Morgan fingerprint density at radius 2 is 2.22 bits per heavy atom. The van der Waals surface area contributed by atoms with E-state index in [0.717, 1.165) is 12.8 Å². The van der Waals surface area contributed by atoms with E-state index in [0.29, 0.717) is 32.8 Å². The van der Waals surface area contributed by atoms with Gasteiger partial charge in [0, 0.05) is 26.7 Å². The highest BCUT2D eigenvalue weighted by molar-refractivity contribution is 5.77. The van der Waals surface area contributed by atoms with Gasteiger partial charge in [0.25, 0.3) is 0 Å². The normalized spacial score (nSPS) is 19.8. The summed E-state index contributed by atoms with van der Waals surface area (Å²) in [5.74, 6) is -0.886. The zero-order valence-electron chi connectivity index (χ0n) is 10.8. The molecule has 104 valence electrons. The molecule has 0 aromatic heterocycles. The molecule has 0 aliphatic carbocycles. The molecular formula is C12H21NO5. The molecule has 0 bridgehead atoms. The van der Waals surface area contributed by atoms with Crippen LogP contribution in [-0.2, 0) is 19.1 Å². The molecule has 1 aliphatic heterocycles. The predicted molar refractivity (Wildman–Crippen MR) is 64.3 cm³/mol. The number of amides is 1. The Kier molecular flexibility index (Phi) is 6.67. The lowest BCUT2D eigenvalue weighted by Crippen LogP contribution is -2.49. The molecule has 0 aromatic rings. The molecule has 0 saturated carbocycles. The van der Waals surface area contributed by atoms with Crippen LogP contribution >= 0.6 is 0 Å².